The lowest BCUT2D eigenvalue weighted by molar-refractivity contribution is -0.116. The van der Waals surface area contributed by atoms with E-state index in [1.807, 2.05) is 109 Å². The number of aryl methyl sites for hydroxylation is 1. The summed E-state index contributed by atoms with van der Waals surface area (Å²) in [6.45, 7) is 1.92. The summed E-state index contributed by atoms with van der Waals surface area (Å²) in [5.74, 6) is 1.75. The van der Waals surface area contributed by atoms with Gasteiger partial charge in [-0.25, -0.2) is 15.0 Å². The van der Waals surface area contributed by atoms with Crippen molar-refractivity contribution in [1.82, 2.24) is 19.5 Å². The second-order valence-electron chi connectivity index (χ2n) is 8.05. The number of carbonyl (C=O) groups is 1. The summed E-state index contributed by atoms with van der Waals surface area (Å²) in [5, 5.41) is 6.34. The third-order valence-electron chi connectivity index (χ3n) is 5.68. The van der Waals surface area contributed by atoms with Crippen molar-refractivity contribution in [2.45, 2.75) is 12.8 Å². The zero-order valence-corrected chi connectivity index (χ0v) is 19.2. The molecule has 0 unspecified atom stereocenters. The van der Waals surface area contributed by atoms with Crippen LogP contribution in [0.3, 0.4) is 0 Å². The highest BCUT2D eigenvalue weighted by Gasteiger charge is 2.22. The van der Waals surface area contributed by atoms with Gasteiger partial charge in [-0.1, -0.05) is 60.7 Å². The molecule has 172 valence electrons. The van der Waals surface area contributed by atoms with Gasteiger partial charge >= 0.3 is 0 Å². The summed E-state index contributed by atoms with van der Waals surface area (Å²) >= 11 is 0. The minimum atomic E-state index is -0.402. The molecule has 0 aliphatic rings. The Morgan fingerprint density at radius 3 is 2.03 bits per heavy atom. The van der Waals surface area contributed by atoms with Crippen LogP contribution in [-0.2, 0) is 4.79 Å². The lowest BCUT2D eigenvalue weighted by Gasteiger charge is -2.18. The zero-order chi connectivity index (χ0) is 24.0. The van der Waals surface area contributed by atoms with E-state index in [9.17, 15) is 4.79 Å². The Morgan fingerprint density at radius 2 is 1.43 bits per heavy atom. The number of nitrogens with zero attached hydrogens (tertiary/aromatic N) is 4. The van der Waals surface area contributed by atoms with Gasteiger partial charge in [-0.2, -0.15) is 0 Å². The minimum absolute atomic E-state index is 0.0840. The second-order valence-corrected chi connectivity index (χ2v) is 8.05. The first-order chi connectivity index (χ1) is 17.2. The van der Waals surface area contributed by atoms with Crippen LogP contribution in [0.1, 0.15) is 22.9 Å². The number of nitrogens with one attached hydrogen (secondary N) is 2. The number of hydrogen-bond acceptors (Lipinski definition) is 5. The van der Waals surface area contributed by atoms with Gasteiger partial charge in [-0.15, -0.1) is 0 Å². The molecular weight excluding hydrogens is 436 g/mol. The molecule has 0 fully saturated rings. The number of amides is 1. The SMILES string of the molecule is Cc1nccn1-c1cc(Nc2ccc(NC(=O)C(c3ccccc3)c3ccccc3)cc2)ncn1. The third kappa shape index (κ3) is 5.09. The number of benzene rings is 3. The molecule has 0 saturated carbocycles. The second kappa shape index (κ2) is 10.0. The number of hydrogen-bond donors (Lipinski definition) is 2. The summed E-state index contributed by atoms with van der Waals surface area (Å²) in [4.78, 5) is 26.2. The molecule has 7 heteroatoms. The van der Waals surface area contributed by atoms with Crippen LogP contribution in [0, 0.1) is 6.92 Å². The summed E-state index contributed by atoms with van der Waals surface area (Å²) in [6.07, 6.45) is 5.10. The number of anilines is 3. The molecule has 0 aliphatic heterocycles. The Bertz CT molecular complexity index is 1380. The van der Waals surface area contributed by atoms with Crippen LogP contribution in [0.25, 0.3) is 5.82 Å². The van der Waals surface area contributed by atoms with E-state index >= 15 is 0 Å². The summed E-state index contributed by atoms with van der Waals surface area (Å²) in [5.41, 5.74) is 3.46. The van der Waals surface area contributed by atoms with Gasteiger partial charge in [0, 0.05) is 29.8 Å². The largest absolute Gasteiger partial charge is 0.340 e. The van der Waals surface area contributed by atoms with E-state index in [0.29, 0.717) is 5.82 Å². The molecule has 5 aromatic rings. The van der Waals surface area contributed by atoms with Crippen molar-refractivity contribution in [1.29, 1.82) is 0 Å². The highest BCUT2D eigenvalue weighted by molar-refractivity contribution is 5.98. The molecule has 2 heterocycles. The quantitative estimate of drug-likeness (QED) is 0.336. The van der Waals surface area contributed by atoms with Gasteiger partial charge in [0.2, 0.25) is 5.91 Å². The minimum Gasteiger partial charge on any atom is -0.340 e. The fourth-order valence-electron chi connectivity index (χ4n) is 3.95. The van der Waals surface area contributed by atoms with Gasteiger partial charge in [0.05, 0.1) is 5.92 Å². The molecule has 2 N–H and O–H groups in total. The first-order valence-corrected chi connectivity index (χ1v) is 11.3. The van der Waals surface area contributed by atoms with Gasteiger partial charge in [0.15, 0.2) is 0 Å². The molecular formula is C28H24N6O. The van der Waals surface area contributed by atoms with E-state index in [1.54, 1.807) is 6.20 Å². The number of carbonyl (C=O) groups excluding carboxylic acids is 1. The van der Waals surface area contributed by atoms with E-state index in [4.69, 9.17) is 0 Å². The first kappa shape index (κ1) is 22.0. The molecule has 0 bridgehead atoms. The smallest absolute Gasteiger partial charge is 0.236 e. The van der Waals surface area contributed by atoms with Crippen molar-refractivity contribution in [2.75, 3.05) is 10.6 Å². The maximum atomic E-state index is 13.3. The predicted octanol–water partition coefficient (Wildman–Crippen LogP) is 5.48. The Balaban J connectivity index is 1.31. The predicted molar refractivity (Wildman–Crippen MR) is 137 cm³/mol. The van der Waals surface area contributed by atoms with Crippen LogP contribution < -0.4 is 10.6 Å². The van der Waals surface area contributed by atoms with Crippen LogP contribution >= 0.6 is 0 Å². The molecule has 0 aliphatic carbocycles. The van der Waals surface area contributed by atoms with Crippen molar-refractivity contribution in [2.24, 2.45) is 0 Å². The molecule has 35 heavy (non-hydrogen) atoms. The van der Waals surface area contributed by atoms with Gasteiger partial charge in [-0.05, 0) is 42.3 Å². The molecule has 7 nitrogen and oxygen atoms in total. The normalized spacial score (nSPS) is 10.8. The molecule has 1 amide bonds. The molecule has 0 saturated heterocycles. The molecule has 0 radical (unpaired) electrons. The first-order valence-electron chi connectivity index (χ1n) is 11.3. The van der Waals surface area contributed by atoms with E-state index in [1.165, 1.54) is 6.33 Å². The number of aromatic nitrogens is 4. The van der Waals surface area contributed by atoms with Crippen LogP contribution in [0.5, 0.6) is 0 Å². The highest BCUT2D eigenvalue weighted by atomic mass is 16.1. The van der Waals surface area contributed by atoms with Gasteiger partial charge < -0.3 is 10.6 Å². The van der Waals surface area contributed by atoms with Gasteiger partial charge in [-0.3, -0.25) is 9.36 Å². The van der Waals surface area contributed by atoms with E-state index in [-0.39, 0.29) is 5.91 Å². The standard InChI is InChI=1S/C28H24N6O/c1-20-29-16-17-34(20)26-18-25(30-19-31-26)32-23-12-14-24(15-13-23)33-28(35)27(21-8-4-2-5-9-21)22-10-6-3-7-11-22/h2-19,27H,1H3,(H,33,35)(H,30,31,32). The van der Waals surface area contributed by atoms with E-state index < -0.39 is 5.92 Å². The van der Waals surface area contributed by atoms with E-state index in [2.05, 4.69) is 25.6 Å². The Labute approximate surface area is 203 Å². The summed E-state index contributed by atoms with van der Waals surface area (Å²) < 4.78 is 1.89. The van der Waals surface area contributed by atoms with Gasteiger partial charge in [0.1, 0.15) is 23.8 Å². The maximum Gasteiger partial charge on any atom is 0.236 e. The van der Waals surface area contributed by atoms with Crippen LogP contribution in [0.2, 0.25) is 0 Å². The Morgan fingerprint density at radius 1 is 0.800 bits per heavy atom. The maximum absolute atomic E-state index is 13.3. The number of imidazole rings is 1. The average Bonchev–Trinajstić information content (AvgIpc) is 3.33. The van der Waals surface area contributed by atoms with Crippen molar-refractivity contribution in [3.63, 3.8) is 0 Å². The van der Waals surface area contributed by atoms with Crippen molar-refractivity contribution in [3.8, 4) is 5.82 Å². The zero-order valence-electron chi connectivity index (χ0n) is 19.2. The molecule has 2 aromatic heterocycles. The lowest BCUT2D eigenvalue weighted by Crippen LogP contribution is -2.22. The molecule has 3 aromatic carbocycles. The fraction of sp³-hybridized carbons (Fsp3) is 0.0714. The van der Waals surface area contributed by atoms with Crippen molar-refractivity contribution >= 4 is 23.1 Å². The van der Waals surface area contributed by atoms with Crippen molar-refractivity contribution < 1.29 is 4.79 Å². The Kier molecular flexibility index (Phi) is 6.30. The highest BCUT2D eigenvalue weighted by Crippen LogP contribution is 2.27. The fourth-order valence-corrected chi connectivity index (χ4v) is 3.95. The molecule has 0 atom stereocenters. The Hall–Kier alpha value is -4.78. The topological polar surface area (TPSA) is 84.7 Å². The number of rotatable bonds is 7. The average molecular weight is 461 g/mol. The van der Waals surface area contributed by atoms with Gasteiger partial charge in [0.25, 0.3) is 0 Å². The van der Waals surface area contributed by atoms with Crippen molar-refractivity contribution in [3.05, 3.63) is 127 Å². The third-order valence-corrected chi connectivity index (χ3v) is 5.68. The lowest BCUT2D eigenvalue weighted by atomic mass is 9.90. The van der Waals surface area contributed by atoms with E-state index in [0.717, 1.165) is 34.1 Å². The molecule has 0 spiro atoms. The summed E-state index contributed by atoms with van der Waals surface area (Å²) in [7, 11) is 0. The monoisotopic (exact) mass is 460 g/mol. The van der Waals surface area contributed by atoms with Crippen LogP contribution in [0.15, 0.2) is 110 Å². The summed E-state index contributed by atoms with van der Waals surface area (Å²) in [6, 6.07) is 29.0. The van der Waals surface area contributed by atoms with Crippen LogP contribution in [-0.4, -0.2) is 25.4 Å². The van der Waals surface area contributed by atoms with Crippen LogP contribution in [0.4, 0.5) is 17.2 Å². The molecule has 5 rings (SSSR count).